The third-order valence-electron chi connectivity index (χ3n) is 3.08. The van der Waals surface area contributed by atoms with Gasteiger partial charge >= 0.3 is 5.97 Å². The fraction of sp³-hybridized carbons (Fsp3) is 0.714. The third kappa shape index (κ3) is 11.5. The lowest BCUT2D eigenvalue weighted by molar-refractivity contribution is -0.890. The second-order valence-electron chi connectivity index (χ2n) is 5.44. The second kappa shape index (κ2) is 9.55. The molecule has 0 aromatic carbocycles. The Hall–Kier alpha value is -1.36. The van der Waals surface area contributed by atoms with E-state index in [9.17, 15) is 9.59 Å². The molecular formula is C14H27N2O3+. The summed E-state index contributed by atoms with van der Waals surface area (Å²) >= 11 is 0. The number of carbonyl (C=O) groups excluding carboxylic acids is 1. The number of nitrogens with zero attached hydrogens (tertiary/aromatic N) is 1. The van der Waals surface area contributed by atoms with Crippen LogP contribution in [0.2, 0.25) is 0 Å². The number of hydrogen-bond acceptors (Lipinski definition) is 2. The van der Waals surface area contributed by atoms with Gasteiger partial charge in [0, 0.05) is 13.0 Å². The van der Waals surface area contributed by atoms with Gasteiger partial charge in [-0.05, 0) is 31.8 Å². The van der Waals surface area contributed by atoms with Gasteiger partial charge in [-0.15, -0.1) is 0 Å². The molecule has 0 saturated heterocycles. The maximum absolute atomic E-state index is 10.9. The highest BCUT2D eigenvalue weighted by Gasteiger charge is 2.14. The van der Waals surface area contributed by atoms with Crippen LogP contribution in [0.5, 0.6) is 0 Å². The molecule has 5 heteroatoms. The van der Waals surface area contributed by atoms with E-state index >= 15 is 0 Å². The first-order valence-electron chi connectivity index (χ1n) is 6.81. The number of unbranched alkanes of at least 4 members (excludes halogenated alkanes) is 2. The smallest absolute Gasteiger partial charge is 0.303 e. The fourth-order valence-electron chi connectivity index (χ4n) is 1.88. The van der Waals surface area contributed by atoms with Gasteiger partial charge in [-0.1, -0.05) is 6.58 Å². The molecule has 0 aromatic rings. The fourth-order valence-corrected chi connectivity index (χ4v) is 1.88. The number of hydrogen-bond donors (Lipinski definition) is 2. The number of carboxylic acid groups (broad SMARTS) is 1. The van der Waals surface area contributed by atoms with Gasteiger partial charge in [-0.2, -0.15) is 0 Å². The molecule has 0 radical (unpaired) electrons. The van der Waals surface area contributed by atoms with Crippen molar-refractivity contribution in [3.05, 3.63) is 12.7 Å². The Morgan fingerprint density at radius 1 is 1.16 bits per heavy atom. The number of nitrogens with one attached hydrogen (secondary N) is 1. The molecule has 0 rings (SSSR count). The van der Waals surface area contributed by atoms with Gasteiger partial charge in [0.05, 0.1) is 27.2 Å². The van der Waals surface area contributed by atoms with Crippen LogP contribution in [-0.4, -0.2) is 55.2 Å². The largest absolute Gasteiger partial charge is 0.481 e. The first-order chi connectivity index (χ1) is 8.87. The summed E-state index contributed by atoms with van der Waals surface area (Å²) in [5.74, 6) is -0.842. The van der Waals surface area contributed by atoms with Crippen molar-refractivity contribution in [3.8, 4) is 0 Å². The number of rotatable bonds is 11. The number of amides is 1. The van der Waals surface area contributed by atoms with Crippen LogP contribution in [0.4, 0.5) is 0 Å². The Bertz CT molecular complexity index is 301. The van der Waals surface area contributed by atoms with Crippen molar-refractivity contribution in [2.75, 3.05) is 33.7 Å². The molecule has 0 bridgehead atoms. The summed E-state index contributed by atoms with van der Waals surface area (Å²) in [5, 5.41) is 11.3. The number of carboxylic acids is 1. The highest BCUT2D eigenvalue weighted by Crippen LogP contribution is 2.06. The summed E-state index contributed by atoms with van der Waals surface area (Å²) in [6.45, 7) is 6.11. The summed E-state index contributed by atoms with van der Waals surface area (Å²) in [5.41, 5.74) is 0. The Morgan fingerprint density at radius 2 is 1.74 bits per heavy atom. The summed E-state index contributed by atoms with van der Waals surface area (Å²) in [7, 11) is 4.31. The molecule has 0 aliphatic rings. The predicted molar refractivity (Wildman–Crippen MR) is 75.8 cm³/mol. The van der Waals surface area contributed by atoms with Crippen molar-refractivity contribution in [2.45, 2.75) is 32.1 Å². The van der Waals surface area contributed by atoms with E-state index < -0.39 is 5.97 Å². The minimum atomic E-state index is -0.719. The Morgan fingerprint density at radius 3 is 2.26 bits per heavy atom. The Labute approximate surface area is 115 Å². The monoisotopic (exact) mass is 271 g/mol. The van der Waals surface area contributed by atoms with Crippen LogP contribution in [0.25, 0.3) is 0 Å². The van der Waals surface area contributed by atoms with E-state index in [2.05, 4.69) is 26.0 Å². The van der Waals surface area contributed by atoms with Crippen LogP contribution < -0.4 is 5.32 Å². The lowest BCUT2D eigenvalue weighted by Crippen LogP contribution is -2.41. The Balaban J connectivity index is 3.58. The van der Waals surface area contributed by atoms with Crippen molar-refractivity contribution >= 4 is 11.9 Å². The predicted octanol–water partition coefficient (Wildman–Crippen LogP) is 1.40. The van der Waals surface area contributed by atoms with Crippen LogP contribution in [0.3, 0.4) is 0 Å². The maximum Gasteiger partial charge on any atom is 0.303 e. The standard InChI is InChI=1S/C14H26N2O3/c1-4-13(17)15-10-6-8-12-16(2,3)11-7-5-9-14(18)19/h4H,1,5-12H2,2-3H3,(H-,15,17,18,19)/p+1. The summed E-state index contributed by atoms with van der Waals surface area (Å²) < 4.78 is 0.898. The average Bonchev–Trinajstić information content (AvgIpc) is 2.33. The SMILES string of the molecule is C=CC(=O)NCCCC[N+](C)(C)CCCCC(=O)O. The average molecular weight is 271 g/mol. The summed E-state index contributed by atoms with van der Waals surface area (Å²) in [4.78, 5) is 21.3. The zero-order chi connectivity index (χ0) is 14.7. The van der Waals surface area contributed by atoms with E-state index in [-0.39, 0.29) is 12.3 Å². The lowest BCUT2D eigenvalue weighted by atomic mass is 10.2. The van der Waals surface area contributed by atoms with Gasteiger partial charge in [-0.25, -0.2) is 0 Å². The molecule has 0 saturated carbocycles. The van der Waals surface area contributed by atoms with Gasteiger partial charge < -0.3 is 14.9 Å². The first-order valence-corrected chi connectivity index (χ1v) is 6.81. The summed E-state index contributed by atoms with van der Waals surface area (Å²) in [6.07, 6.45) is 5.22. The van der Waals surface area contributed by atoms with Gasteiger partial charge in [0.1, 0.15) is 0 Å². The molecule has 0 aliphatic carbocycles. The van der Waals surface area contributed by atoms with Crippen molar-refractivity contribution in [2.24, 2.45) is 0 Å². The van der Waals surface area contributed by atoms with Crippen molar-refractivity contribution in [1.29, 1.82) is 0 Å². The molecule has 0 fully saturated rings. The quantitative estimate of drug-likeness (QED) is 0.339. The zero-order valence-corrected chi connectivity index (χ0v) is 12.2. The molecular weight excluding hydrogens is 244 g/mol. The lowest BCUT2D eigenvalue weighted by Gasteiger charge is -2.29. The molecule has 0 aromatic heterocycles. The molecule has 19 heavy (non-hydrogen) atoms. The minimum absolute atomic E-state index is 0.123. The van der Waals surface area contributed by atoms with Crippen molar-refractivity contribution in [3.63, 3.8) is 0 Å². The van der Waals surface area contributed by atoms with Crippen molar-refractivity contribution in [1.82, 2.24) is 5.32 Å². The second-order valence-corrected chi connectivity index (χ2v) is 5.44. The van der Waals surface area contributed by atoms with Crippen LogP contribution >= 0.6 is 0 Å². The normalized spacial score (nSPS) is 11.1. The molecule has 0 aliphatic heterocycles. The topological polar surface area (TPSA) is 66.4 Å². The van der Waals surface area contributed by atoms with Gasteiger partial charge in [-0.3, -0.25) is 9.59 Å². The number of carbonyl (C=O) groups is 2. The summed E-state index contributed by atoms with van der Waals surface area (Å²) in [6, 6.07) is 0. The van der Waals surface area contributed by atoms with E-state index in [0.717, 1.165) is 43.3 Å². The zero-order valence-electron chi connectivity index (χ0n) is 12.2. The van der Waals surface area contributed by atoms with Crippen molar-refractivity contribution < 1.29 is 19.2 Å². The van der Waals surface area contributed by atoms with Gasteiger partial charge in [0.2, 0.25) is 5.91 Å². The minimum Gasteiger partial charge on any atom is -0.481 e. The van der Waals surface area contributed by atoms with E-state index in [1.165, 1.54) is 6.08 Å². The molecule has 110 valence electrons. The molecule has 0 heterocycles. The molecule has 1 amide bonds. The highest BCUT2D eigenvalue weighted by molar-refractivity contribution is 5.86. The molecule has 0 spiro atoms. The van der Waals surface area contributed by atoms with Crippen LogP contribution in [0, 0.1) is 0 Å². The van der Waals surface area contributed by atoms with Crippen LogP contribution in [0.15, 0.2) is 12.7 Å². The third-order valence-corrected chi connectivity index (χ3v) is 3.08. The molecule has 5 nitrogen and oxygen atoms in total. The van der Waals surface area contributed by atoms with E-state index in [4.69, 9.17) is 5.11 Å². The number of aliphatic carboxylic acids is 1. The molecule has 2 N–H and O–H groups in total. The van der Waals surface area contributed by atoms with Crippen LogP contribution in [0.1, 0.15) is 32.1 Å². The highest BCUT2D eigenvalue weighted by atomic mass is 16.4. The molecule has 0 unspecified atom stereocenters. The number of quaternary nitrogens is 1. The van der Waals surface area contributed by atoms with Crippen LogP contribution in [-0.2, 0) is 9.59 Å². The van der Waals surface area contributed by atoms with Gasteiger partial charge in [0.15, 0.2) is 0 Å². The maximum atomic E-state index is 10.9. The Kier molecular flexibility index (Phi) is 8.87. The van der Waals surface area contributed by atoms with E-state index in [0.29, 0.717) is 6.54 Å². The van der Waals surface area contributed by atoms with E-state index in [1.807, 2.05) is 0 Å². The van der Waals surface area contributed by atoms with E-state index in [1.54, 1.807) is 0 Å². The van der Waals surface area contributed by atoms with Gasteiger partial charge in [0.25, 0.3) is 0 Å². The first kappa shape index (κ1) is 17.6. The molecule has 0 atom stereocenters.